The van der Waals surface area contributed by atoms with E-state index >= 15 is 0 Å². The highest BCUT2D eigenvalue weighted by molar-refractivity contribution is 5.89. The molecular weight excluding hydrogens is 239 g/mol. The molecule has 1 rings (SSSR count). The lowest BCUT2D eigenvalue weighted by atomic mass is 10.3. The molecule has 0 aliphatic rings. The zero-order valence-electron chi connectivity index (χ0n) is 10.5. The molecule has 0 aromatic heterocycles. The predicted molar refractivity (Wildman–Crippen MR) is 66.5 cm³/mol. The molecule has 100 valence electrons. The predicted octanol–water partition coefficient (Wildman–Crippen LogP) is 1.99. The molecule has 5 nitrogen and oxygen atoms in total. The maximum Gasteiger partial charge on any atom is 0.319 e. The van der Waals surface area contributed by atoms with E-state index in [0.717, 1.165) is 0 Å². The molecule has 0 fully saturated rings. The van der Waals surface area contributed by atoms with Gasteiger partial charge in [-0.3, -0.25) is 0 Å². The smallest absolute Gasteiger partial charge is 0.319 e. The molecule has 2 amide bonds. The van der Waals surface area contributed by atoms with Gasteiger partial charge in [-0.15, -0.1) is 0 Å². The van der Waals surface area contributed by atoms with Crippen LogP contribution in [0.25, 0.3) is 0 Å². The number of halogens is 1. The summed E-state index contributed by atoms with van der Waals surface area (Å²) < 4.78 is 23.2. The van der Waals surface area contributed by atoms with Gasteiger partial charge in [0, 0.05) is 24.9 Å². The van der Waals surface area contributed by atoms with Crippen LogP contribution in [0.3, 0.4) is 0 Å². The Kier molecular flexibility index (Phi) is 5.93. The van der Waals surface area contributed by atoms with Gasteiger partial charge in [-0.25, -0.2) is 9.18 Å². The minimum atomic E-state index is -0.524. The van der Waals surface area contributed by atoms with Crippen LogP contribution in [0.15, 0.2) is 18.2 Å². The second-order valence-corrected chi connectivity index (χ2v) is 3.43. The summed E-state index contributed by atoms with van der Waals surface area (Å²) >= 11 is 0. The van der Waals surface area contributed by atoms with Crippen LogP contribution >= 0.6 is 0 Å². The van der Waals surface area contributed by atoms with Crippen LogP contribution in [0, 0.1) is 5.82 Å². The Morgan fingerprint density at radius 2 is 2.22 bits per heavy atom. The molecule has 0 heterocycles. The van der Waals surface area contributed by atoms with E-state index in [9.17, 15) is 9.18 Å². The Bertz CT molecular complexity index is 399. The highest BCUT2D eigenvalue weighted by atomic mass is 19.1. The van der Waals surface area contributed by atoms with Crippen molar-refractivity contribution in [2.45, 2.75) is 6.92 Å². The van der Waals surface area contributed by atoms with Crippen molar-refractivity contribution < 1.29 is 18.7 Å². The van der Waals surface area contributed by atoms with Gasteiger partial charge in [0.2, 0.25) is 0 Å². The van der Waals surface area contributed by atoms with Crippen LogP contribution in [-0.4, -0.2) is 32.9 Å². The third-order valence-electron chi connectivity index (χ3n) is 2.15. The number of hydrogen-bond acceptors (Lipinski definition) is 3. The maximum absolute atomic E-state index is 13.3. The fourth-order valence-electron chi connectivity index (χ4n) is 1.30. The number of anilines is 1. The van der Waals surface area contributed by atoms with Crippen molar-refractivity contribution in [3.05, 3.63) is 24.0 Å². The topological polar surface area (TPSA) is 59.6 Å². The van der Waals surface area contributed by atoms with Crippen LogP contribution in [0.4, 0.5) is 14.9 Å². The lowest BCUT2D eigenvalue weighted by molar-refractivity contribution is 0.150. The first-order valence-corrected chi connectivity index (χ1v) is 5.63. The second-order valence-electron chi connectivity index (χ2n) is 3.43. The first-order chi connectivity index (χ1) is 8.67. The van der Waals surface area contributed by atoms with E-state index in [0.29, 0.717) is 25.4 Å². The van der Waals surface area contributed by atoms with Gasteiger partial charge in [0.25, 0.3) is 0 Å². The number of urea groups is 1. The maximum atomic E-state index is 13.3. The summed E-state index contributed by atoms with van der Waals surface area (Å²) in [6.45, 7) is 3.33. The Morgan fingerprint density at radius 1 is 1.44 bits per heavy atom. The largest absolute Gasteiger partial charge is 0.494 e. The number of hydrogen-bond donors (Lipinski definition) is 2. The summed E-state index contributed by atoms with van der Waals surface area (Å²) in [5, 5.41) is 5.10. The number of rotatable bonds is 6. The number of ether oxygens (including phenoxy) is 2. The van der Waals surface area contributed by atoms with E-state index < -0.39 is 11.8 Å². The number of carbonyl (C=O) groups excluding carboxylic acids is 1. The van der Waals surface area contributed by atoms with Crippen LogP contribution in [-0.2, 0) is 4.74 Å². The van der Waals surface area contributed by atoms with E-state index in [1.165, 1.54) is 19.2 Å². The van der Waals surface area contributed by atoms with Crippen LogP contribution in [0.5, 0.6) is 5.75 Å². The number of methoxy groups -OCH3 is 1. The molecule has 6 heteroatoms. The minimum Gasteiger partial charge on any atom is -0.494 e. The van der Waals surface area contributed by atoms with Crippen molar-refractivity contribution in [1.29, 1.82) is 0 Å². The molecule has 0 radical (unpaired) electrons. The van der Waals surface area contributed by atoms with Crippen LogP contribution < -0.4 is 15.4 Å². The third-order valence-corrected chi connectivity index (χ3v) is 2.15. The first-order valence-electron chi connectivity index (χ1n) is 5.63. The van der Waals surface area contributed by atoms with Gasteiger partial charge in [-0.05, 0) is 19.1 Å². The van der Waals surface area contributed by atoms with E-state index in [1.807, 2.05) is 6.92 Å². The molecule has 2 N–H and O–H groups in total. The number of nitrogens with one attached hydrogen (secondary N) is 2. The van der Waals surface area contributed by atoms with Crippen molar-refractivity contribution in [1.82, 2.24) is 5.32 Å². The summed E-state index contributed by atoms with van der Waals surface area (Å²) in [7, 11) is 1.38. The SMILES string of the molecule is CCOCCNC(=O)Nc1ccc(OC)c(F)c1. The zero-order valence-corrected chi connectivity index (χ0v) is 10.5. The number of amides is 2. The fourth-order valence-corrected chi connectivity index (χ4v) is 1.30. The molecule has 0 bridgehead atoms. The Hall–Kier alpha value is -1.82. The lowest BCUT2D eigenvalue weighted by Crippen LogP contribution is -2.31. The molecule has 0 unspecified atom stereocenters. The highest BCUT2D eigenvalue weighted by Gasteiger charge is 2.05. The van der Waals surface area contributed by atoms with Crippen molar-refractivity contribution in [2.24, 2.45) is 0 Å². The van der Waals surface area contributed by atoms with Crippen molar-refractivity contribution in [3.63, 3.8) is 0 Å². The molecule has 0 aliphatic carbocycles. The molecule has 1 aromatic carbocycles. The van der Waals surface area contributed by atoms with Gasteiger partial charge >= 0.3 is 6.03 Å². The van der Waals surface area contributed by atoms with Gasteiger partial charge < -0.3 is 20.1 Å². The molecule has 0 atom stereocenters. The summed E-state index contributed by atoms with van der Waals surface area (Å²) in [6.07, 6.45) is 0. The Balaban J connectivity index is 2.42. The van der Waals surface area contributed by atoms with E-state index in [4.69, 9.17) is 9.47 Å². The molecule has 1 aromatic rings. The summed E-state index contributed by atoms with van der Waals surface area (Å²) in [6, 6.07) is 3.80. The van der Waals surface area contributed by atoms with Crippen molar-refractivity contribution in [2.75, 3.05) is 32.2 Å². The van der Waals surface area contributed by atoms with E-state index in [2.05, 4.69) is 10.6 Å². The average Bonchev–Trinajstić information content (AvgIpc) is 2.35. The summed E-state index contributed by atoms with van der Waals surface area (Å²) in [5.74, 6) is -0.387. The van der Waals surface area contributed by atoms with Gasteiger partial charge in [0.1, 0.15) is 0 Å². The molecule has 18 heavy (non-hydrogen) atoms. The van der Waals surface area contributed by atoms with Crippen LogP contribution in [0.1, 0.15) is 6.92 Å². The fraction of sp³-hybridized carbons (Fsp3) is 0.417. The molecule has 0 saturated heterocycles. The van der Waals surface area contributed by atoms with E-state index in [-0.39, 0.29) is 5.75 Å². The van der Waals surface area contributed by atoms with Crippen molar-refractivity contribution in [3.8, 4) is 5.75 Å². The third kappa shape index (κ3) is 4.58. The standard InChI is InChI=1S/C12H17FN2O3/c1-3-18-7-6-14-12(16)15-9-4-5-11(17-2)10(13)8-9/h4-5,8H,3,6-7H2,1-2H3,(H2,14,15,16). The highest BCUT2D eigenvalue weighted by Crippen LogP contribution is 2.20. The van der Waals surface area contributed by atoms with E-state index in [1.54, 1.807) is 6.07 Å². The molecule has 0 spiro atoms. The van der Waals surface area contributed by atoms with Crippen LogP contribution in [0.2, 0.25) is 0 Å². The van der Waals surface area contributed by atoms with Gasteiger partial charge in [0.15, 0.2) is 11.6 Å². The Morgan fingerprint density at radius 3 is 2.83 bits per heavy atom. The number of benzene rings is 1. The van der Waals surface area contributed by atoms with Crippen molar-refractivity contribution >= 4 is 11.7 Å². The molecular formula is C12H17FN2O3. The summed E-state index contributed by atoms with van der Waals surface area (Å²) in [5.41, 5.74) is 0.363. The Labute approximate surface area is 105 Å². The summed E-state index contributed by atoms with van der Waals surface area (Å²) in [4.78, 5) is 11.4. The van der Waals surface area contributed by atoms with Gasteiger partial charge in [-0.1, -0.05) is 0 Å². The monoisotopic (exact) mass is 256 g/mol. The zero-order chi connectivity index (χ0) is 13.4. The molecule has 0 saturated carbocycles. The quantitative estimate of drug-likeness (QED) is 0.765. The number of carbonyl (C=O) groups is 1. The second kappa shape index (κ2) is 7.50. The first kappa shape index (κ1) is 14.2. The minimum absolute atomic E-state index is 0.136. The lowest BCUT2D eigenvalue weighted by Gasteiger charge is -2.08. The van der Waals surface area contributed by atoms with Gasteiger partial charge in [-0.2, -0.15) is 0 Å². The normalized spacial score (nSPS) is 9.94. The average molecular weight is 256 g/mol. The molecule has 0 aliphatic heterocycles. The van der Waals surface area contributed by atoms with Gasteiger partial charge in [0.05, 0.1) is 13.7 Å².